The number of rotatable bonds is 11. The predicted octanol–water partition coefficient (Wildman–Crippen LogP) is 2.41. The first kappa shape index (κ1) is 24.6. The number of nitrogens with zero attached hydrogens (tertiary/aromatic N) is 1. The maximum absolute atomic E-state index is 13.2. The van der Waals surface area contributed by atoms with E-state index in [1.165, 1.54) is 23.5 Å². The molecule has 0 fully saturated rings. The molecular formula is C22H30N2O6S. The van der Waals surface area contributed by atoms with Crippen molar-refractivity contribution >= 4 is 16.1 Å². The summed E-state index contributed by atoms with van der Waals surface area (Å²) in [6.07, 6.45) is -3.11. The van der Waals surface area contributed by atoms with E-state index in [4.69, 9.17) is 15.2 Å². The number of aliphatic hydroxyl groups is 1. The van der Waals surface area contributed by atoms with Gasteiger partial charge in [-0.25, -0.2) is 13.2 Å². The highest BCUT2D eigenvalue weighted by atomic mass is 32.2. The standard InChI is InChI=1S/C22H30N2O6S/c1-16(2)14-24(31(27,28)19-11-9-18(29-3)10-12-19)15-20(25)21(30-22(23)26)13-17-7-5-4-6-8-17/h4-12,16,20-21,25H,13-15H2,1-3H3,(H2,23,26). The average Bonchev–Trinajstić information content (AvgIpc) is 2.73. The molecule has 2 aromatic carbocycles. The number of carbonyl (C=O) groups excluding carboxylic acids is 1. The first-order valence-electron chi connectivity index (χ1n) is 9.95. The van der Waals surface area contributed by atoms with Crippen LogP contribution in [0, 0.1) is 5.92 Å². The number of amides is 1. The van der Waals surface area contributed by atoms with Gasteiger partial charge in [-0.1, -0.05) is 44.2 Å². The summed E-state index contributed by atoms with van der Waals surface area (Å²) in [5.74, 6) is 0.539. The van der Waals surface area contributed by atoms with E-state index in [9.17, 15) is 18.3 Å². The molecule has 0 saturated carbocycles. The molecule has 3 N–H and O–H groups in total. The molecule has 0 aromatic heterocycles. The lowest BCUT2D eigenvalue weighted by molar-refractivity contribution is -0.00189. The molecule has 8 nitrogen and oxygen atoms in total. The number of ether oxygens (including phenoxy) is 2. The van der Waals surface area contributed by atoms with Crippen molar-refractivity contribution < 1.29 is 27.8 Å². The maximum Gasteiger partial charge on any atom is 0.404 e. The van der Waals surface area contributed by atoms with Gasteiger partial charge in [0.25, 0.3) is 0 Å². The normalized spacial score (nSPS) is 13.7. The highest BCUT2D eigenvalue weighted by Gasteiger charge is 2.32. The number of sulfonamides is 1. The second-order valence-corrected chi connectivity index (χ2v) is 9.56. The molecule has 9 heteroatoms. The number of aliphatic hydroxyl groups excluding tert-OH is 1. The van der Waals surface area contributed by atoms with Crippen molar-refractivity contribution in [2.24, 2.45) is 11.7 Å². The molecule has 0 spiro atoms. The first-order valence-corrected chi connectivity index (χ1v) is 11.4. The van der Waals surface area contributed by atoms with E-state index in [2.05, 4.69) is 0 Å². The molecule has 0 aliphatic heterocycles. The van der Waals surface area contributed by atoms with Crippen LogP contribution in [0.4, 0.5) is 4.79 Å². The van der Waals surface area contributed by atoms with E-state index in [1.54, 1.807) is 12.1 Å². The lowest BCUT2D eigenvalue weighted by atomic mass is 10.0. The molecule has 0 aliphatic carbocycles. The van der Waals surface area contributed by atoms with Crippen LogP contribution in [0.15, 0.2) is 59.5 Å². The number of hydrogen-bond donors (Lipinski definition) is 2. The summed E-state index contributed by atoms with van der Waals surface area (Å²) in [7, 11) is -2.41. The molecule has 170 valence electrons. The minimum atomic E-state index is -3.90. The van der Waals surface area contributed by atoms with Crippen molar-refractivity contribution in [1.29, 1.82) is 0 Å². The Balaban J connectivity index is 2.27. The Labute approximate surface area is 183 Å². The summed E-state index contributed by atoms with van der Waals surface area (Å²) in [5.41, 5.74) is 6.01. The van der Waals surface area contributed by atoms with Crippen molar-refractivity contribution in [3.05, 3.63) is 60.2 Å². The van der Waals surface area contributed by atoms with Gasteiger partial charge in [0.1, 0.15) is 18.0 Å². The lowest BCUT2D eigenvalue weighted by Gasteiger charge is -2.29. The third kappa shape index (κ3) is 7.23. The van der Waals surface area contributed by atoms with E-state index >= 15 is 0 Å². The van der Waals surface area contributed by atoms with Crippen molar-refractivity contribution in [2.75, 3.05) is 20.2 Å². The summed E-state index contributed by atoms with van der Waals surface area (Å²) >= 11 is 0. The van der Waals surface area contributed by atoms with E-state index < -0.39 is 28.3 Å². The van der Waals surface area contributed by atoms with Gasteiger partial charge in [-0.2, -0.15) is 4.31 Å². The van der Waals surface area contributed by atoms with Crippen molar-refractivity contribution in [3.8, 4) is 5.75 Å². The second kappa shape index (κ2) is 11.1. The number of nitrogens with two attached hydrogens (primary N) is 1. The van der Waals surface area contributed by atoms with Crippen LogP contribution < -0.4 is 10.5 Å². The summed E-state index contributed by atoms with van der Waals surface area (Å²) in [6.45, 7) is 3.69. The van der Waals surface area contributed by atoms with Crippen LogP contribution in [0.3, 0.4) is 0 Å². The third-order valence-corrected chi connectivity index (χ3v) is 6.48. The van der Waals surface area contributed by atoms with Gasteiger partial charge >= 0.3 is 6.09 Å². The van der Waals surface area contributed by atoms with Crippen LogP contribution in [0.5, 0.6) is 5.75 Å². The molecule has 0 radical (unpaired) electrons. The molecule has 2 unspecified atom stereocenters. The Morgan fingerprint density at radius 2 is 1.68 bits per heavy atom. The number of benzene rings is 2. The quantitative estimate of drug-likeness (QED) is 0.543. The summed E-state index contributed by atoms with van der Waals surface area (Å²) in [6, 6.07) is 15.2. The smallest absolute Gasteiger partial charge is 0.404 e. The minimum absolute atomic E-state index is 0.00450. The fourth-order valence-corrected chi connectivity index (χ4v) is 4.77. The van der Waals surface area contributed by atoms with Crippen molar-refractivity contribution in [1.82, 2.24) is 4.31 Å². The van der Waals surface area contributed by atoms with Crippen LogP contribution in [0.25, 0.3) is 0 Å². The molecule has 2 aromatic rings. The first-order chi connectivity index (χ1) is 14.6. The summed E-state index contributed by atoms with van der Waals surface area (Å²) < 4.78 is 37.9. The highest BCUT2D eigenvalue weighted by molar-refractivity contribution is 7.89. The number of hydrogen-bond acceptors (Lipinski definition) is 6. The third-order valence-electron chi connectivity index (χ3n) is 4.63. The van der Waals surface area contributed by atoms with Crippen LogP contribution in [-0.2, 0) is 21.2 Å². The number of carbonyl (C=O) groups is 1. The van der Waals surface area contributed by atoms with E-state index in [0.717, 1.165) is 5.56 Å². The van der Waals surface area contributed by atoms with Crippen LogP contribution in [0.1, 0.15) is 19.4 Å². The number of methoxy groups -OCH3 is 1. The van der Waals surface area contributed by atoms with Crippen LogP contribution in [0.2, 0.25) is 0 Å². The van der Waals surface area contributed by atoms with Gasteiger partial charge in [-0.15, -0.1) is 0 Å². The number of primary amides is 1. The summed E-state index contributed by atoms with van der Waals surface area (Å²) in [4.78, 5) is 11.5. The SMILES string of the molecule is COc1ccc(S(=O)(=O)N(CC(C)C)CC(O)C(Cc2ccccc2)OC(N)=O)cc1. The topological polar surface area (TPSA) is 119 Å². The van der Waals surface area contributed by atoms with Crippen molar-refractivity contribution in [2.45, 2.75) is 37.4 Å². The molecule has 31 heavy (non-hydrogen) atoms. The van der Waals surface area contributed by atoms with Gasteiger partial charge in [-0.05, 0) is 35.7 Å². The van der Waals surface area contributed by atoms with E-state index in [1.807, 2.05) is 44.2 Å². The van der Waals surface area contributed by atoms with Gasteiger partial charge in [0.2, 0.25) is 10.0 Å². The Morgan fingerprint density at radius 3 is 2.19 bits per heavy atom. The average molecular weight is 451 g/mol. The van der Waals surface area contributed by atoms with E-state index in [0.29, 0.717) is 5.75 Å². The minimum Gasteiger partial charge on any atom is -0.497 e. The van der Waals surface area contributed by atoms with Gasteiger partial charge in [0.15, 0.2) is 0 Å². The zero-order valence-corrected chi connectivity index (χ0v) is 18.8. The van der Waals surface area contributed by atoms with E-state index in [-0.39, 0.29) is 30.3 Å². The molecule has 0 saturated heterocycles. The fourth-order valence-electron chi connectivity index (χ4n) is 3.15. The molecule has 0 heterocycles. The zero-order chi connectivity index (χ0) is 23.0. The van der Waals surface area contributed by atoms with Crippen molar-refractivity contribution in [3.63, 3.8) is 0 Å². The Hall–Kier alpha value is -2.62. The van der Waals surface area contributed by atoms with Gasteiger partial charge in [0.05, 0.1) is 12.0 Å². The molecule has 0 bridgehead atoms. The second-order valence-electron chi connectivity index (χ2n) is 7.62. The van der Waals surface area contributed by atoms with Gasteiger partial charge in [0, 0.05) is 19.5 Å². The van der Waals surface area contributed by atoms with Crippen LogP contribution >= 0.6 is 0 Å². The molecule has 2 atom stereocenters. The van der Waals surface area contributed by atoms with Gasteiger partial charge < -0.3 is 20.3 Å². The molecular weight excluding hydrogens is 420 g/mol. The lowest BCUT2D eigenvalue weighted by Crippen LogP contribution is -2.46. The van der Waals surface area contributed by atoms with Gasteiger partial charge in [-0.3, -0.25) is 0 Å². The monoisotopic (exact) mass is 450 g/mol. The fraction of sp³-hybridized carbons (Fsp3) is 0.409. The van der Waals surface area contributed by atoms with Crippen LogP contribution in [-0.4, -0.2) is 56.3 Å². The summed E-state index contributed by atoms with van der Waals surface area (Å²) in [5, 5.41) is 10.8. The molecule has 0 aliphatic rings. The largest absolute Gasteiger partial charge is 0.497 e. The zero-order valence-electron chi connectivity index (χ0n) is 18.0. The Morgan fingerprint density at radius 1 is 1.06 bits per heavy atom. The molecule has 1 amide bonds. The Bertz CT molecular complexity index is 932. The highest BCUT2D eigenvalue weighted by Crippen LogP contribution is 2.22. The predicted molar refractivity (Wildman–Crippen MR) is 117 cm³/mol. The molecule has 2 rings (SSSR count). The maximum atomic E-state index is 13.2. The Kier molecular flexibility index (Phi) is 8.85.